The number of piperazine rings is 1. The lowest BCUT2D eigenvalue weighted by atomic mass is 9.97. The SMILES string of the molecule is O=C1CN(c2ccc(C3CCCCN3)cc2)CC(=O)N1. The molecule has 0 bridgehead atoms. The Morgan fingerprint density at radius 3 is 2.30 bits per heavy atom. The minimum atomic E-state index is -0.237. The number of carbonyl (C=O) groups is 2. The quantitative estimate of drug-likeness (QED) is 0.788. The predicted molar refractivity (Wildman–Crippen MR) is 76.4 cm³/mol. The number of hydrogen-bond donors (Lipinski definition) is 2. The molecule has 2 aliphatic rings. The van der Waals surface area contributed by atoms with E-state index < -0.39 is 0 Å². The third-order valence-electron chi connectivity index (χ3n) is 3.92. The van der Waals surface area contributed by atoms with Gasteiger partial charge in [0.05, 0.1) is 13.1 Å². The molecule has 0 saturated carbocycles. The lowest BCUT2D eigenvalue weighted by Crippen LogP contribution is -2.51. The van der Waals surface area contributed by atoms with E-state index in [0.717, 1.165) is 12.2 Å². The second-order valence-electron chi connectivity index (χ2n) is 5.42. The summed E-state index contributed by atoms with van der Waals surface area (Å²) in [6, 6.07) is 8.61. The van der Waals surface area contributed by atoms with E-state index in [1.165, 1.54) is 24.8 Å². The molecule has 1 unspecified atom stereocenters. The highest BCUT2D eigenvalue weighted by Crippen LogP contribution is 2.25. The van der Waals surface area contributed by atoms with Crippen LogP contribution in [-0.4, -0.2) is 31.4 Å². The van der Waals surface area contributed by atoms with Crippen molar-refractivity contribution in [3.63, 3.8) is 0 Å². The standard InChI is InChI=1S/C15H19N3O2/c19-14-9-18(10-15(20)17-14)12-6-4-11(5-7-12)13-3-1-2-8-16-13/h4-7,13,16H,1-3,8-10H2,(H,17,19,20). The summed E-state index contributed by atoms with van der Waals surface area (Å²) in [7, 11) is 0. The van der Waals surface area contributed by atoms with Gasteiger partial charge in [-0.3, -0.25) is 14.9 Å². The Morgan fingerprint density at radius 2 is 1.70 bits per heavy atom. The number of hydrogen-bond acceptors (Lipinski definition) is 4. The number of carbonyl (C=O) groups excluding carboxylic acids is 2. The number of imide groups is 1. The Morgan fingerprint density at radius 1 is 1.00 bits per heavy atom. The predicted octanol–water partition coefficient (Wildman–Crippen LogP) is 0.964. The first-order valence-corrected chi connectivity index (χ1v) is 7.13. The fourth-order valence-electron chi connectivity index (χ4n) is 2.87. The number of nitrogens with one attached hydrogen (secondary N) is 2. The van der Waals surface area contributed by atoms with Gasteiger partial charge in [-0.1, -0.05) is 18.6 Å². The average molecular weight is 273 g/mol. The Kier molecular flexibility index (Phi) is 3.69. The van der Waals surface area contributed by atoms with E-state index in [2.05, 4.69) is 22.8 Å². The first kappa shape index (κ1) is 13.1. The van der Waals surface area contributed by atoms with Crippen LogP contribution >= 0.6 is 0 Å². The molecule has 2 aliphatic heterocycles. The van der Waals surface area contributed by atoms with E-state index in [1.807, 2.05) is 12.1 Å². The van der Waals surface area contributed by atoms with Gasteiger partial charge in [-0.05, 0) is 37.1 Å². The molecule has 1 aromatic carbocycles. The van der Waals surface area contributed by atoms with Crippen LogP contribution in [0.5, 0.6) is 0 Å². The van der Waals surface area contributed by atoms with Crippen LogP contribution in [0.2, 0.25) is 0 Å². The van der Waals surface area contributed by atoms with Crippen molar-refractivity contribution in [3.8, 4) is 0 Å². The molecule has 2 N–H and O–H groups in total. The van der Waals surface area contributed by atoms with Crippen LogP contribution in [0, 0.1) is 0 Å². The van der Waals surface area contributed by atoms with Gasteiger partial charge >= 0.3 is 0 Å². The lowest BCUT2D eigenvalue weighted by molar-refractivity contribution is -0.130. The van der Waals surface area contributed by atoms with Crippen LogP contribution < -0.4 is 15.5 Å². The molecule has 0 radical (unpaired) electrons. The van der Waals surface area contributed by atoms with Gasteiger partial charge in [0.2, 0.25) is 11.8 Å². The summed E-state index contributed by atoms with van der Waals surface area (Å²) >= 11 is 0. The van der Waals surface area contributed by atoms with Crippen molar-refractivity contribution in [1.82, 2.24) is 10.6 Å². The zero-order chi connectivity index (χ0) is 13.9. The van der Waals surface area contributed by atoms with Crippen molar-refractivity contribution >= 4 is 17.5 Å². The smallest absolute Gasteiger partial charge is 0.246 e. The summed E-state index contributed by atoms with van der Waals surface area (Å²) in [5, 5.41) is 5.83. The van der Waals surface area contributed by atoms with Gasteiger partial charge in [0.1, 0.15) is 0 Å². The van der Waals surface area contributed by atoms with Crippen molar-refractivity contribution in [2.45, 2.75) is 25.3 Å². The van der Waals surface area contributed by atoms with Crippen LogP contribution in [0.15, 0.2) is 24.3 Å². The van der Waals surface area contributed by atoms with Crippen LogP contribution in [0.4, 0.5) is 5.69 Å². The van der Waals surface area contributed by atoms with E-state index >= 15 is 0 Å². The molecular formula is C15H19N3O2. The van der Waals surface area contributed by atoms with Crippen LogP contribution in [-0.2, 0) is 9.59 Å². The maximum atomic E-state index is 11.4. The van der Waals surface area contributed by atoms with Gasteiger partial charge in [0.15, 0.2) is 0 Å². The molecule has 2 amide bonds. The number of piperidine rings is 1. The third kappa shape index (κ3) is 2.82. The van der Waals surface area contributed by atoms with Crippen molar-refractivity contribution in [3.05, 3.63) is 29.8 Å². The molecule has 106 valence electrons. The summed E-state index contributed by atoms with van der Waals surface area (Å²) in [5.41, 5.74) is 2.20. The van der Waals surface area contributed by atoms with Crippen molar-refractivity contribution in [2.75, 3.05) is 24.5 Å². The van der Waals surface area contributed by atoms with Crippen LogP contribution in [0.1, 0.15) is 30.9 Å². The van der Waals surface area contributed by atoms with Gasteiger partial charge in [-0.2, -0.15) is 0 Å². The van der Waals surface area contributed by atoms with E-state index in [4.69, 9.17) is 0 Å². The van der Waals surface area contributed by atoms with E-state index in [9.17, 15) is 9.59 Å². The second kappa shape index (κ2) is 5.63. The maximum absolute atomic E-state index is 11.4. The number of rotatable bonds is 2. The average Bonchev–Trinajstić information content (AvgIpc) is 2.47. The van der Waals surface area contributed by atoms with E-state index in [1.54, 1.807) is 4.90 Å². The van der Waals surface area contributed by atoms with Crippen LogP contribution in [0.3, 0.4) is 0 Å². The van der Waals surface area contributed by atoms with E-state index in [-0.39, 0.29) is 24.9 Å². The third-order valence-corrected chi connectivity index (χ3v) is 3.92. The largest absolute Gasteiger partial charge is 0.353 e. The first-order valence-electron chi connectivity index (χ1n) is 7.13. The highest BCUT2D eigenvalue weighted by Gasteiger charge is 2.23. The number of nitrogens with zero attached hydrogens (tertiary/aromatic N) is 1. The summed E-state index contributed by atoms with van der Waals surface area (Å²) < 4.78 is 0. The molecule has 0 aromatic heterocycles. The Hall–Kier alpha value is -1.88. The maximum Gasteiger partial charge on any atom is 0.246 e. The molecule has 3 rings (SSSR count). The number of amides is 2. The van der Waals surface area contributed by atoms with E-state index in [0.29, 0.717) is 6.04 Å². The molecule has 5 nitrogen and oxygen atoms in total. The molecule has 2 fully saturated rings. The Balaban J connectivity index is 1.72. The minimum absolute atomic E-state index is 0.237. The monoisotopic (exact) mass is 273 g/mol. The summed E-state index contributed by atoms with van der Waals surface area (Å²) in [6.45, 7) is 1.56. The van der Waals surface area contributed by atoms with Gasteiger partial charge < -0.3 is 10.2 Å². The first-order chi connectivity index (χ1) is 9.72. The van der Waals surface area contributed by atoms with Gasteiger partial charge in [-0.25, -0.2) is 0 Å². The normalized spacial score (nSPS) is 23.6. The topological polar surface area (TPSA) is 61.4 Å². The summed E-state index contributed by atoms with van der Waals surface area (Å²) in [5.74, 6) is -0.474. The summed E-state index contributed by atoms with van der Waals surface area (Å²) in [4.78, 5) is 24.6. The second-order valence-corrected chi connectivity index (χ2v) is 5.42. The molecule has 20 heavy (non-hydrogen) atoms. The molecule has 0 spiro atoms. The molecular weight excluding hydrogens is 254 g/mol. The molecule has 2 heterocycles. The minimum Gasteiger partial charge on any atom is -0.353 e. The zero-order valence-corrected chi connectivity index (χ0v) is 11.4. The fraction of sp³-hybridized carbons (Fsp3) is 0.467. The van der Waals surface area contributed by atoms with Crippen molar-refractivity contribution in [1.29, 1.82) is 0 Å². The Bertz CT molecular complexity index is 490. The highest BCUT2D eigenvalue weighted by atomic mass is 16.2. The zero-order valence-electron chi connectivity index (χ0n) is 11.4. The van der Waals surface area contributed by atoms with Crippen molar-refractivity contribution in [2.24, 2.45) is 0 Å². The molecule has 5 heteroatoms. The lowest BCUT2D eigenvalue weighted by Gasteiger charge is -2.28. The summed E-state index contributed by atoms with van der Waals surface area (Å²) in [6.07, 6.45) is 3.68. The van der Waals surface area contributed by atoms with Gasteiger partial charge in [-0.15, -0.1) is 0 Å². The molecule has 2 saturated heterocycles. The molecule has 1 atom stereocenters. The fourth-order valence-corrected chi connectivity index (χ4v) is 2.87. The highest BCUT2D eigenvalue weighted by molar-refractivity contribution is 6.02. The van der Waals surface area contributed by atoms with Gasteiger partial charge in [0, 0.05) is 11.7 Å². The number of benzene rings is 1. The number of anilines is 1. The van der Waals surface area contributed by atoms with Gasteiger partial charge in [0.25, 0.3) is 0 Å². The Labute approximate surface area is 118 Å². The van der Waals surface area contributed by atoms with Crippen molar-refractivity contribution < 1.29 is 9.59 Å². The molecule has 1 aromatic rings. The molecule has 0 aliphatic carbocycles. The van der Waals surface area contributed by atoms with Crippen LogP contribution in [0.25, 0.3) is 0 Å².